The van der Waals surface area contributed by atoms with E-state index in [1.165, 1.54) is 6.07 Å². The van der Waals surface area contributed by atoms with Crippen LogP contribution < -0.4 is 5.32 Å². The Morgan fingerprint density at radius 1 is 1.11 bits per heavy atom. The van der Waals surface area contributed by atoms with Crippen LogP contribution in [0.3, 0.4) is 0 Å². The third kappa shape index (κ3) is 5.06. The third-order valence-corrected chi connectivity index (χ3v) is 6.77. The summed E-state index contributed by atoms with van der Waals surface area (Å²) in [6, 6.07) is 10.2. The molecule has 1 N–H and O–H groups in total. The number of benzene rings is 2. The molecule has 0 radical (unpaired) electrons. The number of nitro benzene ring substituents is 1. The van der Waals surface area contributed by atoms with Crippen LogP contribution in [-0.4, -0.2) is 62.8 Å². The van der Waals surface area contributed by atoms with Gasteiger partial charge in [0.05, 0.1) is 22.5 Å². The van der Waals surface area contributed by atoms with Crippen molar-refractivity contribution in [3.8, 4) is 11.4 Å². The molecule has 11 heteroatoms. The van der Waals surface area contributed by atoms with E-state index in [-0.39, 0.29) is 29.9 Å². The summed E-state index contributed by atoms with van der Waals surface area (Å²) in [6.45, 7) is 7.52. The van der Waals surface area contributed by atoms with Gasteiger partial charge in [-0.05, 0) is 45.1 Å². The molecule has 2 aromatic carbocycles. The van der Waals surface area contributed by atoms with Crippen LogP contribution in [0.25, 0.3) is 22.2 Å². The highest BCUT2D eigenvalue weighted by Gasteiger charge is 2.33. The summed E-state index contributed by atoms with van der Waals surface area (Å²) in [6.07, 6.45) is 0.972. The van der Waals surface area contributed by atoms with Crippen molar-refractivity contribution in [1.82, 2.24) is 19.8 Å². The van der Waals surface area contributed by atoms with Crippen LogP contribution in [0.5, 0.6) is 0 Å². The summed E-state index contributed by atoms with van der Waals surface area (Å²) in [5.41, 5.74) is 0.874. The minimum Gasteiger partial charge on any atom is -0.444 e. The second-order valence-corrected chi connectivity index (χ2v) is 10.6. The molecule has 2 amide bonds. The average molecular weight is 522 g/mol. The number of aromatic nitrogens is 2. The van der Waals surface area contributed by atoms with Crippen LogP contribution in [0, 0.1) is 10.1 Å². The van der Waals surface area contributed by atoms with Gasteiger partial charge in [0.15, 0.2) is 5.69 Å². The molecule has 0 bridgehead atoms. The van der Waals surface area contributed by atoms with Crippen molar-refractivity contribution in [3.05, 3.63) is 57.9 Å². The van der Waals surface area contributed by atoms with E-state index in [4.69, 9.17) is 14.5 Å². The average Bonchev–Trinajstić information content (AvgIpc) is 3.26. The maximum absolute atomic E-state index is 13.5. The molecule has 2 aliphatic rings. The minimum atomic E-state index is -0.652. The van der Waals surface area contributed by atoms with E-state index in [0.29, 0.717) is 67.0 Å². The van der Waals surface area contributed by atoms with Gasteiger partial charge in [-0.25, -0.2) is 9.78 Å². The summed E-state index contributed by atoms with van der Waals surface area (Å²) in [5.74, 6) is 0.219. The summed E-state index contributed by atoms with van der Waals surface area (Å²) < 4.78 is 12.9. The van der Waals surface area contributed by atoms with Gasteiger partial charge in [-0.2, -0.15) is 0 Å². The number of carbonyl (C=O) groups excluding carboxylic acids is 2. The number of carbonyl (C=O) groups is 2. The first-order valence-electron chi connectivity index (χ1n) is 12.7. The van der Waals surface area contributed by atoms with E-state index in [2.05, 4.69) is 5.32 Å². The van der Waals surface area contributed by atoms with E-state index in [0.717, 1.165) is 0 Å². The highest BCUT2D eigenvalue weighted by Crippen LogP contribution is 2.35. The quantitative estimate of drug-likeness (QED) is 0.401. The van der Waals surface area contributed by atoms with Gasteiger partial charge >= 0.3 is 6.09 Å². The molecule has 3 heterocycles. The number of rotatable bonds is 4. The second kappa shape index (κ2) is 10.1. The fourth-order valence-electron chi connectivity index (χ4n) is 4.98. The van der Waals surface area contributed by atoms with Gasteiger partial charge in [0, 0.05) is 44.0 Å². The summed E-state index contributed by atoms with van der Waals surface area (Å²) in [4.78, 5) is 44.0. The SMILES string of the molecule is CC(C)(C)OC(=O)N1CCn2c(-c3cccc4c([N+](=O)[O-])cccc34)nc(C(=O)NC3CCOCC3)c2C1. The highest BCUT2D eigenvalue weighted by atomic mass is 16.6. The first-order valence-corrected chi connectivity index (χ1v) is 12.7. The van der Waals surface area contributed by atoms with E-state index in [1.807, 2.05) is 37.5 Å². The molecular weight excluding hydrogens is 490 g/mol. The summed E-state index contributed by atoms with van der Waals surface area (Å²) >= 11 is 0. The van der Waals surface area contributed by atoms with Crippen molar-refractivity contribution in [2.24, 2.45) is 0 Å². The largest absolute Gasteiger partial charge is 0.444 e. The Kier molecular flexibility index (Phi) is 6.78. The van der Waals surface area contributed by atoms with E-state index < -0.39 is 16.6 Å². The maximum Gasteiger partial charge on any atom is 0.410 e. The predicted octanol–water partition coefficient (Wildman–Crippen LogP) is 4.27. The second-order valence-electron chi connectivity index (χ2n) is 10.6. The molecule has 3 aromatic rings. The third-order valence-electron chi connectivity index (χ3n) is 6.77. The van der Waals surface area contributed by atoms with E-state index in [1.54, 1.807) is 23.1 Å². The molecule has 1 saturated heterocycles. The van der Waals surface area contributed by atoms with Gasteiger partial charge in [0.25, 0.3) is 11.6 Å². The molecule has 0 unspecified atom stereocenters. The molecular formula is C27H31N5O6. The number of ether oxygens (including phenoxy) is 2. The Balaban J connectivity index is 1.58. The smallest absolute Gasteiger partial charge is 0.410 e. The van der Waals surface area contributed by atoms with Crippen LogP contribution in [0.2, 0.25) is 0 Å². The van der Waals surface area contributed by atoms with Gasteiger partial charge in [-0.1, -0.05) is 24.3 Å². The molecule has 5 rings (SSSR count). The Labute approximate surface area is 219 Å². The van der Waals surface area contributed by atoms with Crippen LogP contribution in [0.4, 0.5) is 10.5 Å². The van der Waals surface area contributed by atoms with Crippen LogP contribution in [0.1, 0.15) is 49.8 Å². The molecule has 0 saturated carbocycles. The Morgan fingerprint density at radius 3 is 2.53 bits per heavy atom. The minimum absolute atomic E-state index is 0.00311. The number of hydrogen-bond donors (Lipinski definition) is 1. The molecule has 1 fully saturated rings. The van der Waals surface area contributed by atoms with Crippen molar-refractivity contribution in [2.75, 3.05) is 19.8 Å². The molecule has 11 nitrogen and oxygen atoms in total. The van der Waals surface area contributed by atoms with Crippen molar-refractivity contribution in [2.45, 2.75) is 58.3 Å². The molecule has 1 aromatic heterocycles. The molecule has 38 heavy (non-hydrogen) atoms. The predicted molar refractivity (Wildman–Crippen MR) is 140 cm³/mol. The van der Waals surface area contributed by atoms with Gasteiger partial charge < -0.3 is 24.3 Å². The highest BCUT2D eigenvalue weighted by molar-refractivity contribution is 6.01. The zero-order valence-electron chi connectivity index (χ0n) is 21.7. The molecule has 0 atom stereocenters. The first-order chi connectivity index (χ1) is 18.1. The monoisotopic (exact) mass is 521 g/mol. The number of nitrogens with zero attached hydrogens (tertiary/aromatic N) is 4. The number of non-ortho nitro benzene ring substituents is 1. The molecule has 2 aliphatic heterocycles. The standard InChI is InChI=1S/C27H31N5O6/c1-27(2,3)38-26(34)30-12-13-31-22(16-30)23(25(33)28-17-10-14-37-15-11-17)29-24(31)20-8-4-7-19-18(20)6-5-9-21(19)32(35)36/h4-9,17H,10-16H2,1-3H3,(H,28,33). The van der Waals surface area contributed by atoms with Crippen molar-refractivity contribution >= 4 is 28.5 Å². The van der Waals surface area contributed by atoms with Gasteiger partial charge in [-0.15, -0.1) is 0 Å². The number of amides is 2. The first kappa shape index (κ1) is 25.7. The zero-order chi connectivity index (χ0) is 27.0. The lowest BCUT2D eigenvalue weighted by Gasteiger charge is -2.31. The maximum atomic E-state index is 13.5. The summed E-state index contributed by atoms with van der Waals surface area (Å²) in [7, 11) is 0. The zero-order valence-corrected chi connectivity index (χ0v) is 21.7. The molecule has 200 valence electrons. The number of hydrogen-bond acceptors (Lipinski definition) is 7. The van der Waals surface area contributed by atoms with E-state index in [9.17, 15) is 19.7 Å². The number of fused-ring (bicyclic) bond motifs is 2. The Hall–Kier alpha value is -3.99. The fraction of sp³-hybridized carbons (Fsp3) is 0.444. The van der Waals surface area contributed by atoms with Crippen molar-refractivity contribution < 1.29 is 24.0 Å². The lowest BCUT2D eigenvalue weighted by Crippen LogP contribution is -2.43. The normalized spacial score (nSPS) is 16.2. The summed E-state index contributed by atoms with van der Waals surface area (Å²) in [5, 5.41) is 15.9. The van der Waals surface area contributed by atoms with Gasteiger partial charge in [0.2, 0.25) is 0 Å². The lowest BCUT2D eigenvalue weighted by atomic mass is 10.0. The van der Waals surface area contributed by atoms with Crippen LogP contribution in [-0.2, 0) is 22.6 Å². The number of nitrogens with one attached hydrogen (secondary N) is 1. The Bertz CT molecular complexity index is 1400. The van der Waals surface area contributed by atoms with Crippen molar-refractivity contribution in [1.29, 1.82) is 0 Å². The van der Waals surface area contributed by atoms with Crippen LogP contribution in [0.15, 0.2) is 36.4 Å². The lowest BCUT2D eigenvalue weighted by molar-refractivity contribution is -0.383. The van der Waals surface area contributed by atoms with Gasteiger partial charge in [-0.3, -0.25) is 14.9 Å². The molecule has 0 aliphatic carbocycles. The number of nitro groups is 1. The number of imidazole rings is 1. The molecule has 0 spiro atoms. The van der Waals surface area contributed by atoms with E-state index >= 15 is 0 Å². The van der Waals surface area contributed by atoms with Crippen LogP contribution >= 0.6 is 0 Å². The van der Waals surface area contributed by atoms with Gasteiger partial charge in [0.1, 0.15) is 11.4 Å². The Morgan fingerprint density at radius 2 is 1.82 bits per heavy atom. The topological polar surface area (TPSA) is 129 Å². The fourth-order valence-corrected chi connectivity index (χ4v) is 4.98. The van der Waals surface area contributed by atoms with Crippen molar-refractivity contribution in [3.63, 3.8) is 0 Å².